The van der Waals surface area contributed by atoms with Crippen LogP contribution in [0.3, 0.4) is 0 Å². The predicted octanol–water partition coefficient (Wildman–Crippen LogP) is 3.62. The van der Waals surface area contributed by atoms with Crippen LogP contribution in [0.1, 0.15) is 24.5 Å². The largest absolute Gasteiger partial charge is 0.357 e. The summed E-state index contributed by atoms with van der Waals surface area (Å²) in [5, 5.41) is 3.02. The van der Waals surface area contributed by atoms with Crippen LogP contribution in [0, 0.1) is 6.92 Å². The van der Waals surface area contributed by atoms with Gasteiger partial charge in [0.1, 0.15) is 12.6 Å². The molecule has 0 saturated heterocycles. The molecule has 2 aromatic rings. The van der Waals surface area contributed by atoms with Gasteiger partial charge < -0.3 is 10.2 Å². The van der Waals surface area contributed by atoms with Gasteiger partial charge in [-0.3, -0.25) is 13.9 Å². The molecule has 0 aromatic heterocycles. The van der Waals surface area contributed by atoms with Gasteiger partial charge in [-0.2, -0.15) is 0 Å². The van der Waals surface area contributed by atoms with E-state index >= 15 is 0 Å². The van der Waals surface area contributed by atoms with Crippen molar-refractivity contribution in [2.24, 2.45) is 0 Å². The molecule has 0 fully saturated rings. The van der Waals surface area contributed by atoms with E-state index < -0.39 is 28.5 Å². The van der Waals surface area contributed by atoms with Gasteiger partial charge in [0.2, 0.25) is 21.8 Å². The molecule has 1 atom stereocenters. The number of aryl methyl sites for hydroxylation is 1. The van der Waals surface area contributed by atoms with E-state index in [4.69, 9.17) is 23.2 Å². The Bertz CT molecular complexity index is 1090. The highest BCUT2D eigenvalue weighted by Crippen LogP contribution is 2.30. The van der Waals surface area contributed by atoms with E-state index in [0.717, 1.165) is 21.7 Å². The van der Waals surface area contributed by atoms with Crippen LogP contribution in [-0.2, 0) is 26.2 Å². The number of benzene rings is 2. The van der Waals surface area contributed by atoms with Crippen molar-refractivity contribution in [3.63, 3.8) is 0 Å². The van der Waals surface area contributed by atoms with E-state index in [0.29, 0.717) is 11.4 Å². The first-order valence-corrected chi connectivity index (χ1v) is 12.6. The number of rotatable bonds is 9. The zero-order chi connectivity index (χ0) is 24.1. The van der Waals surface area contributed by atoms with Crippen molar-refractivity contribution < 1.29 is 18.0 Å². The van der Waals surface area contributed by atoms with Crippen LogP contribution in [0.2, 0.25) is 10.0 Å². The molecule has 174 valence electrons. The average molecular weight is 500 g/mol. The molecule has 2 amide bonds. The monoisotopic (exact) mass is 499 g/mol. The Morgan fingerprint density at radius 1 is 1.12 bits per heavy atom. The van der Waals surface area contributed by atoms with Gasteiger partial charge in [0.15, 0.2) is 0 Å². The van der Waals surface area contributed by atoms with Crippen LogP contribution >= 0.6 is 23.2 Å². The van der Waals surface area contributed by atoms with Gasteiger partial charge in [-0.15, -0.1) is 0 Å². The lowest BCUT2D eigenvalue weighted by Crippen LogP contribution is -2.51. The lowest BCUT2D eigenvalue weighted by molar-refractivity contribution is -0.140. The van der Waals surface area contributed by atoms with Crippen molar-refractivity contribution in [3.8, 4) is 0 Å². The first-order valence-electron chi connectivity index (χ1n) is 9.97. The number of sulfonamides is 1. The maximum Gasteiger partial charge on any atom is 0.244 e. The second-order valence-electron chi connectivity index (χ2n) is 7.35. The Morgan fingerprint density at radius 3 is 2.31 bits per heavy atom. The number of hydrogen-bond donors (Lipinski definition) is 1. The number of likely N-dealkylation sites (N-methyl/N-ethyl adjacent to an activating group) is 1. The third-order valence-electron chi connectivity index (χ3n) is 5.09. The molecule has 7 nitrogen and oxygen atoms in total. The van der Waals surface area contributed by atoms with Gasteiger partial charge in [-0.05, 0) is 42.7 Å². The number of carbonyl (C=O) groups is 2. The molecule has 0 bridgehead atoms. The third-order valence-corrected chi connectivity index (χ3v) is 6.76. The van der Waals surface area contributed by atoms with Gasteiger partial charge in [-0.1, -0.05) is 54.4 Å². The van der Waals surface area contributed by atoms with Gasteiger partial charge in [0.25, 0.3) is 0 Å². The molecule has 32 heavy (non-hydrogen) atoms. The van der Waals surface area contributed by atoms with Crippen LogP contribution in [0.15, 0.2) is 42.5 Å². The van der Waals surface area contributed by atoms with Crippen molar-refractivity contribution in [1.29, 1.82) is 0 Å². The number of nitrogens with one attached hydrogen (secondary N) is 1. The van der Waals surface area contributed by atoms with E-state index in [1.165, 1.54) is 30.1 Å². The Hall–Kier alpha value is -2.29. The minimum Gasteiger partial charge on any atom is -0.357 e. The SMILES string of the molecule is CC[C@H](C(=O)NC)N(Cc1ccccc1C)C(=O)CN(c1ccc(Cl)cc1Cl)S(C)(=O)=O. The minimum absolute atomic E-state index is 0.0968. The average Bonchev–Trinajstić information content (AvgIpc) is 2.72. The first-order chi connectivity index (χ1) is 15.0. The molecular formula is C22H27Cl2N3O4S. The molecular weight excluding hydrogens is 473 g/mol. The van der Waals surface area contributed by atoms with Crippen LogP contribution in [0.4, 0.5) is 5.69 Å². The van der Waals surface area contributed by atoms with Crippen LogP contribution in [0.25, 0.3) is 0 Å². The van der Waals surface area contributed by atoms with E-state index in [-0.39, 0.29) is 23.2 Å². The quantitative estimate of drug-likeness (QED) is 0.570. The summed E-state index contributed by atoms with van der Waals surface area (Å²) in [5.74, 6) is -0.856. The Labute approximate surface area is 199 Å². The number of carbonyl (C=O) groups excluding carboxylic acids is 2. The van der Waals surface area contributed by atoms with Gasteiger partial charge in [0.05, 0.1) is 17.0 Å². The van der Waals surface area contributed by atoms with Crippen molar-refractivity contribution >= 4 is 50.7 Å². The molecule has 0 heterocycles. The normalized spacial score (nSPS) is 12.2. The van der Waals surface area contributed by atoms with Crippen molar-refractivity contribution in [1.82, 2.24) is 10.2 Å². The summed E-state index contributed by atoms with van der Waals surface area (Å²) in [7, 11) is -2.37. The fourth-order valence-electron chi connectivity index (χ4n) is 3.34. The van der Waals surface area contributed by atoms with Crippen LogP contribution < -0.4 is 9.62 Å². The molecule has 0 spiro atoms. The minimum atomic E-state index is -3.86. The Kier molecular flexibility index (Phi) is 8.95. The second kappa shape index (κ2) is 11.0. The number of amides is 2. The first kappa shape index (κ1) is 26.0. The fourth-order valence-corrected chi connectivity index (χ4v) is 4.76. The molecule has 10 heteroatoms. The highest BCUT2D eigenvalue weighted by Gasteiger charge is 2.32. The standard InChI is InChI=1S/C22H27Cl2N3O4S/c1-5-19(22(29)25-3)26(13-16-9-7-6-8-15(16)2)21(28)14-27(32(4,30)31)20-11-10-17(23)12-18(20)24/h6-12,19H,5,13-14H2,1-4H3,(H,25,29)/t19-/m1/s1. The van der Waals surface area contributed by atoms with Gasteiger partial charge >= 0.3 is 0 Å². The molecule has 0 aliphatic heterocycles. The topological polar surface area (TPSA) is 86.8 Å². The maximum absolute atomic E-state index is 13.5. The summed E-state index contributed by atoms with van der Waals surface area (Å²) in [6, 6.07) is 11.1. The number of halogens is 2. The third kappa shape index (κ3) is 6.37. The summed E-state index contributed by atoms with van der Waals surface area (Å²) >= 11 is 12.2. The highest BCUT2D eigenvalue weighted by atomic mass is 35.5. The highest BCUT2D eigenvalue weighted by molar-refractivity contribution is 7.92. The van der Waals surface area contributed by atoms with Crippen LogP contribution in [-0.4, -0.2) is 51.0 Å². The molecule has 0 unspecified atom stereocenters. The zero-order valence-electron chi connectivity index (χ0n) is 18.4. The Morgan fingerprint density at radius 2 is 1.78 bits per heavy atom. The van der Waals surface area contributed by atoms with E-state index in [1.807, 2.05) is 31.2 Å². The number of nitrogens with zero attached hydrogens (tertiary/aromatic N) is 2. The van der Waals surface area contributed by atoms with Crippen LogP contribution in [0.5, 0.6) is 0 Å². The fraction of sp³-hybridized carbons (Fsp3) is 0.364. The smallest absolute Gasteiger partial charge is 0.244 e. The number of hydrogen-bond acceptors (Lipinski definition) is 4. The zero-order valence-corrected chi connectivity index (χ0v) is 20.8. The van der Waals surface area contributed by atoms with Crippen molar-refractivity contribution in [2.75, 3.05) is 24.2 Å². The van der Waals surface area contributed by atoms with E-state index in [1.54, 1.807) is 6.92 Å². The summed E-state index contributed by atoms with van der Waals surface area (Å²) in [6.45, 7) is 3.35. The Balaban J connectivity index is 2.48. The van der Waals surface area contributed by atoms with E-state index in [9.17, 15) is 18.0 Å². The van der Waals surface area contributed by atoms with Gasteiger partial charge in [-0.25, -0.2) is 8.42 Å². The van der Waals surface area contributed by atoms with Crippen molar-refractivity contribution in [3.05, 3.63) is 63.6 Å². The van der Waals surface area contributed by atoms with Gasteiger partial charge in [0, 0.05) is 18.6 Å². The van der Waals surface area contributed by atoms with E-state index in [2.05, 4.69) is 5.32 Å². The summed E-state index contributed by atoms with van der Waals surface area (Å²) < 4.78 is 26.0. The molecule has 2 aromatic carbocycles. The lowest BCUT2D eigenvalue weighted by atomic mass is 10.1. The lowest BCUT2D eigenvalue weighted by Gasteiger charge is -2.33. The molecule has 0 saturated carbocycles. The predicted molar refractivity (Wildman–Crippen MR) is 129 cm³/mol. The van der Waals surface area contributed by atoms with Crippen molar-refractivity contribution in [2.45, 2.75) is 32.9 Å². The molecule has 0 aliphatic carbocycles. The summed E-state index contributed by atoms with van der Waals surface area (Å²) in [6.07, 6.45) is 1.35. The molecule has 1 N–H and O–H groups in total. The maximum atomic E-state index is 13.5. The summed E-state index contributed by atoms with van der Waals surface area (Å²) in [5.41, 5.74) is 1.95. The molecule has 0 aliphatic rings. The molecule has 2 rings (SSSR count). The summed E-state index contributed by atoms with van der Waals surface area (Å²) in [4.78, 5) is 27.4. The number of anilines is 1. The second-order valence-corrected chi connectivity index (χ2v) is 10.1. The molecule has 0 radical (unpaired) electrons.